The maximum atomic E-state index is 11.0. The van der Waals surface area contributed by atoms with Gasteiger partial charge < -0.3 is 18.9 Å². The minimum absolute atomic E-state index is 0.00940. The van der Waals surface area contributed by atoms with Crippen molar-refractivity contribution in [3.05, 3.63) is 0 Å². The van der Waals surface area contributed by atoms with Gasteiger partial charge in [0.2, 0.25) is 6.29 Å². The van der Waals surface area contributed by atoms with Crippen molar-refractivity contribution in [1.82, 2.24) is 0 Å². The van der Waals surface area contributed by atoms with Crippen molar-refractivity contribution < 1.29 is 33.3 Å². The molecule has 102 valence electrons. The normalized spacial score (nSPS) is 27.2. The molecule has 0 aromatic heterocycles. The molecule has 0 N–H and O–H groups in total. The Morgan fingerprint density at radius 2 is 1.39 bits per heavy atom. The Hall–Kier alpha value is -1.63. The first-order valence-corrected chi connectivity index (χ1v) is 5.51. The molecule has 18 heavy (non-hydrogen) atoms. The fourth-order valence-electron chi connectivity index (χ4n) is 1.65. The number of carbonyl (C=O) groups is 3. The van der Waals surface area contributed by atoms with E-state index in [0.29, 0.717) is 0 Å². The third-order valence-electron chi connectivity index (χ3n) is 2.22. The van der Waals surface area contributed by atoms with Gasteiger partial charge in [-0.1, -0.05) is 0 Å². The molecule has 7 heteroatoms. The summed E-state index contributed by atoms with van der Waals surface area (Å²) in [5, 5.41) is 0. The fraction of sp³-hybridized carbons (Fsp3) is 0.727. The van der Waals surface area contributed by atoms with Gasteiger partial charge in [0.25, 0.3) is 0 Å². The number of hydrogen-bond acceptors (Lipinski definition) is 7. The molecular formula is C11H16O7. The van der Waals surface area contributed by atoms with Crippen LogP contribution >= 0.6 is 0 Å². The summed E-state index contributed by atoms with van der Waals surface area (Å²) < 4.78 is 20.1. The lowest BCUT2D eigenvalue weighted by atomic mass is 10.1. The molecule has 1 aliphatic rings. The Balaban J connectivity index is 2.62. The number of hydrogen-bond donors (Lipinski definition) is 0. The van der Waals surface area contributed by atoms with E-state index in [1.54, 1.807) is 0 Å². The van der Waals surface area contributed by atoms with E-state index in [1.165, 1.54) is 20.8 Å². The van der Waals surface area contributed by atoms with Crippen molar-refractivity contribution in [3.8, 4) is 0 Å². The molecule has 7 nitrogen and oxygen atoms in total. The van der Waals surface area contributed by atoms with Crippen molar-refractivity contribution in [2.45, 2.75) is 45.7 Å². The molecule has 0 unspecified atom stereocenters. The van der Waals surface area contributed by atoms with Gasteiger partial charge >= 0.3 is 17.9 Å². The molecule has 0 amide bonds. The Bertz CT molecular complexity index is 338. The molecule has 0 aromatic carbocycles. The van der Waals surface area contributed by atoms with Crippen LogP contribution in [0.1, 0.15) is 27.2 Å². The second-order valence-electron chi connectivity index (χ2n) is 3.90. The zero-order chi connectivity index (χ0) is 13.7. The quantitative estimate of drug-likeness (QED) is 0.527. The van der Waals surface area contributed by atoms with Crippen molar-refractivity contribution in [2.75, 3.05) is 6.61 Å². The standard InChI is InChI=1S/C11H16O7/c1-6(12)16-9-4-11(18-8(3)14)15-5-10(9)17-7(2)13/h9-11H,4-5H2,1-3H3/t9-,10-,11+/m1/s1. The van der Waals surface area contributed by atoms with Gasteiger partial charge in [-0.05, 0) is 0 Å². The second-order valence-corrected chi connectivity index (χ2v) is 3.90. The topological polar surface area (TPSA) is 88.1 Å². The summed E-state index contributed by atoms with van der Waals surface area (Å²) in [6.07, 6.45) is -2.02. The maximum absolute atomic E-state index is 11.0. The molecule has 3 atom stereocenters. The van der Waals surface area contributed by atoms with Crippen LogP contribution in [0.3, 0.4) is 0 Å². The third-order valence-corrected chi connectivity index (χ3v) is 2.22. The van der Waals surface area contributed by atoms with E-state index in [4.69, 9.17) is 18.9 Å². The summed E-state index contributed by atoms with van der Waals surface area (Å²) in [6, 6.07) is 0. The lowest BCUT2D eigenvalue weighted by molar-refractivity contribution is -0.228. The van der Waals surface area contributed by atoms with Crippen LogP contribution in [0, 0.1) is 0 Å². The van der Waals surface area contributed by atoms with Crippen molar-refractivity contribution >= 4 is 17.9 Å². The predicted molar refractivity (Wildman–Crippen MR) is 57.2 cm³/mol. The minimum Gasteiger partial charge on any atom is -0.458 e. The first-order valence-electron chi connectivity index (χ1n) is 5.51. The summed E-state index contributed by atoms with van der Waals surface area (Å²) in [4.78, 5) is 32.7. The van der Waals surface area contributed by atoms with Crippen LogP contribution in [0.2, 0.25) is 0 Å². The molecule has 0 radical (unpaired) electrons. The lowest BCUT2D eigenvalue weighted by Crippen LogP contribution is -2.46. The summed E-state index contributed by atoms with van der Waals surface area (Å²) in [6.45, 7) is 3.77. The van der Waals surface area contributed by atoms with Gasteiger partial charge in [0.15, 0.2) is 6.10 Å². The first kappa shape index (κ1) is 14.4. The van der Waals surface area contributed by atoms with E-state index in [9.17, 15) is 14.4 Å². The second kappa shape index (κ2) is 6.34. The van der Waals surface area contributed by atoms with Gasteiger partial charge in [-0.25, -0.2) is 0 Å². The van der Waals surface area contributed by atoms with E-state index in [0.717, 1.165) is 0 Å². The predicted octanol–water partition coefficient (Wildman–Crippen LogP) is 0.159. The van der Waals surface area contributed by atoms with E-state index in [-0.39, 0.29) is 13.0 Å². The molecule has 1 heterocycles. The van der Waals surface area contributed by atoms with Crippen LogP contribution in [0.4, 0.5) is 0 Å². The highest BCUT2D eigenvalue weighted by Crippen LogP contribution is 2.21. The van der Waals surface area contributed by atoms with Crippen LogP contribution in [0.5, 0.6) is 0 Å². The van der Waals surface area contributed by atoms with Gasteiger partial charge in [-0.3, -0.25) is 14.4 Å². The molecule has 0 aliphatic carbocycles. The van der Waals surface area contributed by atoms with Gasteiger partial charge in [0, 0.05) is 20.8 Å². The van der Waals surface area contributed by atoms with Gasteiger partial charge in [0.05, 0.1) is 13.0 Å². The van der Waals surface area contributed by atoms with Gasteiger partial charge in [-0.2, -0.15) is 0 Å². The molecule has 1 fully saturated rings. The fourth-order valence-corrected chi connectivity index (χ4v) is 1.65. The summed E-state index contributed by atoms with van der Waals surface area (Å²) in [5.41, 5.74) is 0. The van der Waals surface area contributed by atoms with Crippen LogP contribution in [-0.2, 0) is 33.3 Å². The number of rotatable bonds is 3. The Kier molecular flexibility index (Phi) is 5.08. The SMILES string of the molecule is CC(=O)O[C@H]1C[C@@H](OC(C)=O)[C@H](OC(C)=O)CO1. The highest BCUT2D eigenvalue weighted by molar-refractivity contribution is 5.67. The maximum Gasteiger partial charge on any atom is 0.304 e. The minimum atomic E-state index is -0.793. The number of carbonyl (C=O) groups excluding carboxylic acids is 3. The zero-order valence-corrected chi connectivity index (χ0v) is 10.5. The molecule has 0 spiro atoms. The van der Waals surface area contributed by atoms with E-state index in [1.807, 2.05) is 0 Å². The summed E-state index contributed by atoms with van der Waals surface area (Å²) in [5.74, 6) is -1.49. The Labute approximate surface area is 104 Å². The van der Waals surface area contributed by atoms with Crippen LogP contribution in [-0.4, -0.2) is 43.0 Å². The molecule has 0 saturated carbocycles. The molecule has 0 aromatic rings. The zero-order valence-electron chi connectivity index (χ0n) is 10.5. The van der Waals surface area contributed by atoms with Crippen molar-refractivity contribution in [3.63, 3.8) is 0 Å². The van der Waals surface area contributed by atoms with Gasteiger partial charge in [0.1, 0.15) is 6.10 Å². The van der Waals surface area contributed by atoms with E-state index < -0.39 is 36.4 Å². The lowest BCUT2D eigenvalue weighted by Gasteiger charge is -2.34. The molecule has 0 bridgehead atoms. The molecule has 1 aliphatic heterocycles. The summed E-state index contributed by atoms with van der Waals surface area (Å²) in [7, 11) is 0. The van der Waals surface area contributed by atoms with Gasteiger partial charge in [-0.15, -0.1) is 0 Å². The Morgan fingerprint density at radius 1 is 0.889 bits per heavy atom. The first-order chi connectivity index (χ1) is 8.38. The molecule has 1 rings (SSSR count). The smallest absolute Gasteiger partial charge is 0.304 e. The Morgan fingerprint density at radius 3 is 1.89 bits per heavy atom. The van der Waals surface area contributed by atoms with Crippen LogP contribution in [0.25, 0.3) is 0 Å². The highest BCUT2D eigenvalue weighted by Gasteiger charge is 2.37. The van der Waals surface area contributed by atoms with Crippen molar-refractivity contribution in [1.29, 1.82) is 0 Å². The van der Waals surface area contributed by atoms with E-state index >= 15 is 0 Å². The number of esters is 3. The monoisotopic (exact) mass is 260 g/mol. The number of ether oxygens (including phenoxy) is 4. The van der Waals surface area contributed by atoms with Crippen LogP contribution in [0.15, 0.2) is 0 Å². The molecule has 1 saturated heterocycles. The van der Waals surface area contributed by atoms with Crippen molar-refractivity contribution in [2.24, 2.45) is 0 Å². The largest absolute Gasteiger partial charge is 0.458 e. The van der Waals surface area contributed by atoms with Crippen LogP contribution < -0.4 is 0 Å². The molecular weight excluding hydrogens is 244 g/mol. The average molecular weight is 260 g/mol. The highest BCUT2D eigenvalue weighted by atomic mass is 16.7. The average Bonchev–Trinajstić information content (AvgIpc) is 2.19. The third kappa shape index (κ3) is 4.70. The van der Waals surface area contributed by atoms with E-state index in [2.05, 4.69) is 0 Å². The summed E-state index contributed by atoms with van der Waals surface area (Å²) >= 11 is 0.